The van der Waals surface area contributed by atoms with Gasteiger partial charge in [-0.3, -0.25) is 14.6 Å². The molecule has 104 valence electrons. The van der Waals surface area contributed by atoms with Crippen molar-refractivity contribution in [1.82, 2.24) is 24.6 Å². The Morgan fingerprint density at radius 3 is 2.89 bits per heavy atom. The van der Waals surface area contributed by atoms with E-state index in [0.717, 1.165) is 37.7 Å². The lowest BCUT2D eigenvalue weighted by atomic mass is 10.2. The van der Waals surface area contributed by atoms with Crippen LogP contribution in [0.5, 0.6) is 0 Å². The number of amides is 1. The summed E-state index contributed by atoms with van der Waals surface area (Å²) in [6.07, 6.45) is 2.37. The van der Waals surface area contributed by atoms with Gasteiger partial charge in [0.1, 0.15) is 11.6 Å². The summed E-state index contributed by atoms with van der Waals surface area (Å²) < 4.78 is 2.21. The minimum atomic E-state index is -0.288. The van der Waals surface area contributed by atoms with Crippen molar-refractivity contribution in [3.63, 3.8) is 0 Å². The van der Waals surface area contributed by atoms with Gasteiger partial charge in [0.05, 0.1) is 19.1 Å². The van der Waals surface area contributed by atoms with Crippen molar-refractivity contribution in [3.8, 4) is 0 Å². The number of nitrogens with zero attached hydrogens (tertiary/aromatic N) is 5. The average molecular weight is 264 g/mol. The van der Waals surface area contributed by atoms with Crippen LogP contribution in [0.2, 0.25) is 0 Å². The predicted octanol–water partition coefficient (Wildman–Crippen LogP) is -0.654. The second-order valence-corrected chi connectivity index (χ2v) is 5.44. The second kappa shape index (κ2) is 4.90. The van der Waals surface area contributed by atoms with Crippen LogP contribution in [-0.2, 0) is 17.9 Å². The molecule has 7 heteroatoms. The Kier molecular flexibility index (Phi) is 3.24. The summed E-state index contributed by atoms with van der Waals surface area (Å²) in [5, 5.41) is 8.66. The molecule has 0 aromatic carbocycles. The molecule has 1 saturated heterocycles. The summed E-state index contributed by atoms with van der Waals surface area (Å²) in [5.74, 6) is 1.74. The van der Waals surface area contributed by atoms with Crippen molar-refractivity contribution in [2.75, 3.05) is 26.7 Å². The third-order valence-electron chi connectivity index (χ3n) is 4.06. The Balaban J connectivity index is 1.78. The van der Waals surface area contributed by atoms with E-state index >= 15 is 0 Å². The second-order valence-electron chi connectivity index (χ2n) is 5.44. The fourth-order valence-electron chi connectivity index (χ4n) is 3.07. The van der Waals surface area contributed by atoms with Gasteiger partial charge in [-0.15, -0.1) is 10.2 Å². The highest BCUT2D eigenvalue weighted by atomic mass is 16.1. The van der Waals surface area contributed by atoms with Crippen LogP contribution < -0.4 is 5.73 Å². The van der Waals surface area contributed by atoms with Crippen LogP contribution in [0, 0.1) is 0 Å². The van der Waals surface area contributed by atoms with Gasteiger partial charge < -0.3 is 10.3 Å². The largest absolute Gasteiger partial charge is 0.369 e. The molecular formula is C12H20N6O. The van der Waals surface area contributed by atoms with Crippen LogP contribution >= 0.6 is 0 Å². The van der Waals surface area contributed by atoms with Crippen molar-refractivity contribution in [2.24, 2.45) is 5.73 Å². The van der Waals surface area contributed by atoms with Crippen LogP contribution in [0.1, 0.15) is 30.5 Å². The molecule has 0 spiro atoms. The van der Waals surface area contributed by atoms with Gasteiger partial charge in [-0.25, -0.2) is 0 Å². The van der Waals surface area contributed by atoms with E-state index in [2.05, 4.69) is 26.7 Å². The number of hydrogen-bond acceptors (Lipinski definition) is 5. The fraction of sp³-hybridized carbons (Fsp3) is 0.750. The van der Waals surface area contributed by atoms with E-state index in [0.29, 0.717) is 19.1 Å². The summed E-state index contributed by atoms with van der Waals surface area (Å²) in [4.78, 5) is 15.3. The summed E-state index contributed by atoms with van der Waals surface area (Å²) in [6.45, 7) is 3.76. The molecule has 0 bridgehead atoms. The maximum Gasteiger partial charge on any atom is 0.231 e. The molecule has 2 aliphatic rings. The highest BCUT2D eigenvalue weighted by molar-refractivity contribution is 5.75. The van der Waals surface area contributed by atoms with E-state index in [1.54, 1.807) is 0 Å². The Labute approximate surface area is 112 Å². The summed E-state index contributed by atoms with van der Waals surface area (Å²) in [6, 6.07) is 0.393. The Morgan fingerprint density at radius 1 is 1.37 bits per heavy atom. The predicted molar refractivity (Wildman–Crippen MR) is 69.1 cm³/mol. The topological polar surface area (TPSA) is 80.3 Å². The van der Waals surface area contributed by atoms with Crippen LogP contribution in [0.4, 0.5) is 0 Å². The maximum atomic E-state index is 11.0. The SMILES string of the molecule is CN1CCC[C@@H]1c1nnc2n1CCN(CC(N)=O)C2. The highest BCUT2D eigenvalue weighted by Gasteiger charge is 2.30. The zero-order valence-electron chi connectivity index (χ0n) is 11.2. The molecule has 19 heavy (non-hydrogen) atoms. The molecule has 2 aliphatic heterocycles. The standard InChI is InChI=1S/C12H20N6O/c1-16-4-2-3-9(16)12-15-14-11-8-17(7-10(13)19)5-6-18(11)12/h9H,2-8H2,1H3,(H2,13,19)/t9-/m1/s1. The molecule has 2 N–H and O–H groups in total. The van der Waals surface area contributed by atoms with Gasteiger partial charge in [-0.2, -0.15) is 0 Å². The number of carbonyl (C=O) groups is 1. The molecule has 1 atom stereocenters. The molecule has 1 fully saturated rings. The van der Waals surface area contributed by atoms with Crippen molar-refractivity contribution >= 4 is 5.91 Å². The van der Waals surface area contributed by atoms with Crippen LogP contribution in [0.15, 0.2) is 0 Å². The van der Waals surface area contributed by atoms with Gasteiger partial charge in [0, 0.05) is 13.1 Å². The first-order valence-corrected chi connectivity index (χ1v) is 6.78. The minimum absolute atomic E-state index is 0.288. The van der Waals surface area contributed by atoms with Gasteiger partial charge in [-0.1, -0.05) is 0 Å². The van der Waals surface area contributed by atoms with Gasteiger partial charge >= 0.3 is 0 Å². The lowest BCUT2D eigenvalue weighted by Gasteiger charge is -2.28. The first kappa shape index (κ1) is 12.6. The van der Waals surface area contributed by atoms with E-state index in [-0.39, 0.29) is 5.91 Å². The number of nitrogens with two attached hydrogens (primary N) is 1. The number of primary amides is 1. The zero-order chi connectivity index (χ0) is 13.4. The first-order chi connectivity index (χ1) is 9.15. The van der Waals surface area contributed by atoms with Gasteiger partial charge in [0.2, 0.25) is 5.91 Å². The Bertz CT molecular complexity index is 485. The number of fused-ring (bicyclic) bond motifs is 1. The molecule has 0 unspecified atom stereocenters. The molecule has 7 nitrogen and oxygen atoms in total. The lowest BCUT2D eigenvalue weighted by molar-refractivity contribution is -0.119. The zero-order valence-corrected chi connectivity index (χ0v) is 11.2. The van der Waals surface area contributed by atoms with Crippen molar-refractivity contribution in [2.45, 2.75) is 32.0 Å². The summed E-state index contributed by atoms with van der Waals surface area (Å²) in [7, 11) is 2.14. The van der Waals surface area contributed by atoms with E-state index in [1.165, 1.54) is 6.42 Å². The lowest BCUT2D eigenvalue weighted by Crippen LogP contribution is -2.40. The van der Waals surface area contributed by atoms with Gasteiger partial charge in [0.25, 0.3) is 0 Å². The third-order valence-corrected chi connectivity index (χ3v) is 4.06. The highest BCUT2D eigenvalue weighted by Crippen LogP contribution is 2.30. The Morgan fingerprint density at radius 2 is 2.21 bits per heavy atom. The summed E-state index contributed by atoms with van der Waals surface area (Å²) in [5.41, 5.74) is 5.24. The molecule has 3 rings (SSSR count). The number of hydrogen-bond donors (Lipinski definition) is 1. The monoisotopic (exact) mass is 264 g/mol. The Hall–Kier alpha value is -1.47. The number of rotatable bonds is 3. The van der Waals surface area contributed by atoms with Crippen LogP contribution in [0.3, 0.4) is 0 Å². The fourth-order valence-corrected chi connectivity index (χ4v) is 3.07. The molecule has 0 saturated carbocycles. The number of aromatic nitrogens is 3. The maximum absolute atomic E-state index is 11.0. The van der Waals surface area contributed by atoms with Crippen LogP contribution in [0.25, 0.3) is 0 Å². The van der Waals surface area contributed by atoms with E-state index in [9.17, 15) is 4.79 Å². The summed E-state index contributed by atoms with van der Waals surface area (Å²) >= 11 is 0. The minimum Gasteiger partial charge on any atom is -0.369 e. The molecule has 1 amide bonds. The van der Waals surface area contributed by atoms with E-state index < -0.39 is 0 Å². The van der Waals surface area contributed by atoms with Crippen LogP contribution in [-0.4, -0.2) is 57.2 Å². The molecular weight excluding hydrogens is 244 g/mol. The quantitative estimate of drug-likeness (QED) is 0.784. The van der Waals surface area contributed by atoms with Crippen molar-refractivity contribution in [1.29, 1.82) is 0 Å². The van der Waals surface area contributed by atoms with Gasteiger partial charge in [-0.05, 0) is 26.4 Å². The normalized spacial score (nSPS) is 24.6. The number of carbonyl (C=O) groups excluding carboxylic acids is 1. The average Bonchev–Trinajstić information content (AvgIpc) is 2.93. The molecule has 1 aromatic heterocycles. The van der Waals surface area contributed by atoms with E-state index in [4.69, 9.17) is 5.73 Å². The molecule has 3 heterocycles. The van der Waals surface area contributed by atoms with Crippen molar-refractivity contribution in [3.05, 3.63) is 11.6 Å². The number of likely N-dealkylation sites (tertiary alicyclic amines) is 1. The van der Waals surface area contributed by atoms with Crippen molar-refractivity contribution < 1.29 is 4.79 Å². The van der Waals surface area contributed by atoms with Gasteiger partial charge in [0.15, 0.2) is 0 Å². The molecule has 0 aliphatic carbocycles. The smallest absolute Gasteiger partial charge is 0.231 e. The van der Waals surface area contributed by atoms with E-state index in [1.807, 2.05) is 4.90 Å². The molecule has 0 radical (unpaired) electrons. The molecule has 1 aromatic rings. The first-order valence-electron chi connectivity index (χ1n) is 6.78. The third kappa shape index (κ3) is 2.35.